The van der Waals surface area contributed by atoms with Crippen LogP contribution in [0.4, 0.5) is 0 Å². The van der Waals surface area contributed by atoms with Crippen LogP contribution in [0.1, 0.15) is 17.3 Å². The summed E-state index contributed by atoms with van der Waals surface area (Å²) >= 11 is 0. The summed E-state index contributed by atoms with van der Waals surface area (Å²) in [6, 6.07) is 9.69. The van der Waals surface area contributed by atoms with Crippen LogP contribution in [0.3, 0.4) is 0 Å². The van der Waals surface area contributed by atoms with Crippen LogP contribution < -0.4 is 5.73 Å². The van der Waals surface area contributed by atoms with E-state index in [1.54, 1.807) is 29.0 Å². The van der Waals surface area contributed by atoms with Gasteiger partial charge in [-0.1, -0.05) is 18.2 Å². The van der Waals surface area contributed by atoms with E-state index < -0.39 is 0 Å². The quantitative estimate of drug-likeness (QED) is 0.898. The molecule has 1 amide bonds. The minimum Gasteiger partial charge on any atom is -0.338 e. The molecule has 0 bridgehead atoms. The van der Waals surface area contributed by atoms with E-state index in [1.165, 1.54) is 0 Å². The van der Waals surface area contributed by atoms with E-state index in [9.17, 15) is 4.79 Å². The molecule has 0 aliphatic heterocycles. The van der Waals surface area contributed by atoms with Crippen LogP contribution in [0.5, 0.6) is 0 Å². The summed E-state index contributed by atoms with van der Waals surface area (Å²) in [6.45, 7) is 2.36. The molecule has 5 nitrogen and oxygen atoms in total. The lowest BCUT2D eigenvalue weighted by Gasteiger charge is -2.22. The molecule has 1 atom stereocenters. The van der Waals surface area contributed by atoms with Gasteiger partial charge in [-0.3, -0.25) is 4.79 Å². The number of hydrogen-bond donors (Lipinski definition) is 1. The topological polar surface area (TPSA) is 64.2 Å². The summed E-state index contributed by atoms with van der Waals surface area (Å²) < 4.78 is 1.69. The van der Waals surface area contributed by atoms with Crippen molar-refractivity contribution in [2.75, 3.05) is 13.6 Å². The second kappa shape index (κ2) is 5.67. The maximum atomic E-state index is 12.2. The molecule has 2 N–H and O–H groups in total. The van der Waals surface area contributed by atoms with Gasteiger partial charge in [-0.05, 0) is 19.1 Å². The monoisotopic (exact) mass is 258 g/mol. The van der Waals surface area contributed by atoms with Crippen LogP contribution in [0.2, 0.25) is 0 Å². The predicted molar refractivity (Wildman–Crippen MR) is 74.2 cm³/mol. The number of rotatable bonds is 4. The summed E-state index contributed by atoms with van der Waals surface area (Å²) in [5.41, 5.74) is 7.06. The first-order valence-corrected chi connectivity index (χ1v) is 6.21. The third-order valence-electron chi connectivity index (χ3n) is 3.17. The van der Waals surface area contributed by atoms with Gasteiger partial charge in [-0.25, -0.2) is 4.68 Å². The van der Waals surface area contributed by atoms with Gasteiger partial charge in [-0.2, -0.15) is 5.10 Å². The molecule has 1 unspecified atom stereocenters. The Morgan fingerprint density at radius 1 is 1.42 bits per heavy atom. The number of amides is 1. The van der Waals surface area contributed by atoms with E-state index in [0.717, 1.165) is 5.69 Å². The predicted octanol–water partition coefficient (Wildman–Crippen LogP) is 1.29. The van der Waals surface area contributed by atoms with Crippen molar-refractivity contribution in [3.8, 4) is 5.69 Å². The maximum Gasteiger partial charge on any atom is 0.257 e. The van der Waals surface area contributed by atoms with Crippen LogP contribution in [-0.4, -0.2) is 40.2 Å². The van der Waals surface area contributed by atoms with Gasteiger partial charge in [0.05, 0.1) is 17.4 Å². The Hall–Kier alpha value is -2.14. The minimum atomic E-state index is -0.0693. The Labute approximate surface area is 112 Å². The fourth-order valence-corrected chi connectivity index (χ4v) is 1.72. The molecule has 1 aromatic heterocycles. The molecule has 1 heterocycles. The highest BCUT2D eigenvalue weighted by Crippen LogP contribution is 2.10. The van der Waals surface area contributed by atoms with E-state index >= 15 is 0 Å². The van der Waals surface area contributed by atoms with E-state index in [1.807, 2.05) is 37.3 Å². The molecule has 0 fully saturated rings. The van der Waals surface area contributed by atoms with Crippen molar-refractivity contribution in [3.63, 3.8) is 0 Å². The van der Waals surface area contributed by atoms with Crippen molar-refractivity contribution >= 4 is 5.91 Å². The van der Waals surface area contributed by atoms with Crippen LogP contribution in [-0.2, 0) is 0 Å². The van der Waals surface area contributed by atoms with Crippen molar-refractivity contribution in [1.82, 2.24) is 14.7 Å². The van der Waals surface area contributed by atoms with Gasteiger partial charge in [0.25, 0.3) is 5.91 Å². The lowest BCUT2D eigenvalue weighted by molar-refractivity contribution is 0.0748. The van der Waals surface area contributed by atoms with Crippen LogP contribution in [0.15, 0.2) is 42.7 Å². The van der Waals surface area contributed by atoms with Gasteiger partial charge in [0.2, 0.25) is 0 Å². The fraction of sp³-hybridized carbons (Fsp3) is 0.286. The molecule has 5 heteroatoms. The molecule has 0 saturated heterocycles. The number of para-hydroxylation sites is 1. The second-order valence-corrected chi connectivity index (χ2v) is 4.51. The van der Waals surface area contributed by atoms with E-state index in [0.29, 0.717) is 12.1 Å². The molecule has 0 aliphatic carbocycles. The first-order chi connectivity index (χ1) is 9.13. The third-order valence-corrected chi connectivity index (χ3v) is 3.17. The zero-order chi connectivity index (χ0) is 13.8. The standard InChI is InChI=1S/C14H18N4O/c1-11(8-15)17(2)14(19)12-9-16-18(10-12)13-6-4-3-5-7-13/h3-7,9-11H,8,15H2,1-2H3. The minimum absolute atomic E-state index is 0.00701. The summed E-state index contributed by atoms with van der Waals surface area (Å²) in [5.74, 6) is -0.0693. The highest BCUT2D eigenvalue weighted by molar-refractivity contribution is 5.93. The smallest absolute Gasteiger partial charge is 0.257 e. The molecular formula is C14H18N4O. The molecular weight excluding hydrogens is 240 g/mol. The number of benzene rings is 1. The highest BCUT2D eigenvalue weighted by atomic mass is 16.2. The van der Waals surface area contributed by atoms with Gasteiger partial charge in [0.1, 0.15) is 0 Å². The van der Waals surface area contributed by atoms with Gasteiger partial charge < -0.3 is 10.6 Å². The zero-order valence-electron chi connectivity index (χ0n) is 11.2. The largest absolute Gasteiger partial charge is 0.338 e. The Kier molecular flexibility index (Phi) is 3.97. The maximum absolute atomic E-state index is 12.2. The van der Waals surface area contributed by atoms with Gasteiger partial charge in [-0.15, -0.1) is 0 Å². The van der Waals surface area contributed by atoms with Gasteiger partial charge >= 0.3 is 0 Å². The molecule has 0 aliphatic rings. The van der Waals surface area contributed by atoms with Crippen LogP contribution in [0, 0.1) is 0 Å². The van der Waals surface area contributed by atoms with Crippen molar-refractivity contribution in [3.05, 3.63) is 48.3 Å². The molecule has 2 rings (SSSR count). The van der Waals surface area contributed by atoms with Crippen molar-refractivity contribution in [2.45, 2.75) is 13.0 Å². The highest BCUT2D eigenvalue weighted by Gasteiger charge is 2.18. The molecule has 0 radical (unpaired) electrons. The molecule has 2 aromatic rings. The van der Waals surface area contributed by atoms with Crippen molar-refractivity contribution < 1.29 is 4.79 Å². The first kappa shape index (κ1) is 13.3. The van der Waals surface area contributed by atoms with E-state index in [-0.39, 0.29) is 11.9 Å². The summed E-state index contributed by atoms with van der Waals surface area (Å²) in [7, 11) is 1.75. The number of carbonyl (C=O) groups is 1. The fourth-order valence-electron chi connectivity index (χ4n) is 1.72. The number of nitrogens with two attached hydrogens (primary N) is 1. The number of carbonyl (C=O) groups excluding carboxylic acids is 1. The SMILES string of the molecule is CC(CN)N(C)C(=O)c1cnn(-c2ccccc2)c1. The van der Waals surface area contributed by atoms with Crippen LogP contribution >= 0.6 is 0 Å². The molecule has 1 aromatic carbocycles. The Bertz CT molecular complexity index is 550. The second-order valence-electron chi connectivity index (χ2n) is 4.51. The summed E-state index contributed by atoms with van der Waals surface area (Å²) in [4.78, 5) is 13.8. The zero-order valence-corrected chi connectivity index (χ0v) is 11.2. The first-order valence-electron chi connectivity index (χ1n) is 6.21. The average molecular weight is 258 g/mol. The normalized spacial score (nSPS) is 12.2. The molecule has 19 heavy (non-hydrogen) atoms. The molecule has 0 spiro atoms. The number of aromatic nitrogens is 2. The lowest BCUT2D eigenvalue weighted by atomic mass is 10.2. The van der Waals surface area contributed by atoms with Gasteiger partial charge in [0.15, 0.2) is 0 Å². The van der Waals surface area contributed by atoms with Crippen LogP contribution in [0.25, 0.3) is 5.69 Å². The average Bonchev–Trinajstić information content (AvgIpc) is 2.95. The lowest BCUT2D eigenvalue weighted by Crippen LogP contribution is -2.39. The van der Waals surface area contributed by atoms with Crippen molar-refractivity contribution in [2.24, 2.45) is 5.73 Å². The Morgan fingerprint density at radius 2 is 2.11 bits per heavy atom. The molecule has 0 saturated carbocycles. The summed E-state index contributed by atoms with van der Waals surface area (Å²) in [6.07, 6.45) is 3.31. The third kappa shape index (κ3) is 2.82. The van der Waals surface area contributed by atoms with Crippen molar-refractivity contribution in [1.29, 1.82) is 0 Å². The number of nitrogens with zero attached hydrogens (tertiary/aromatic N) is 3. The summed E-state index contributed by atoms with van der Waals surface area (Å²) in [5, 5.41) is 4.21. The van der Waals surface area contributed by atoms with Gasteiger partial charge in [0, 0.05) is 25.8 Å². The van der Waals surface area contributed by atoms with E-state index in [2.05, 4.69) is 5.10 Å². The Balaban J connectivity index is 2.20. The Morgan fingerprint density at radius 3 is 2.74 bits per heavy atom. The molecule has 100 valence electrons. The number of likely N-dealkylation sites (N-methyl/N-ethyl adjacent to an activating group) is 1. The van der Waals surface area contributed by atoms with E-state index in [4.69, 9.17) is 5.73 Å². The number of hydrogen-bond acceptors (Lipinski definition) is 3.